The highest BCUT2D eigenvalue weighted by molar-refractivity contribution is 6.01. The van der Waals surface area contributed by atoms with E-state index in [1.54, 1.807) is 41.5 Å². The molecule has 117 heavy (non-hydrogen) atoms. The fraction of sp³-hybridized carbons (Fsp3) is 0.568. The number of nitrogens with one attached hydrogen (secondary N) is 18. The van der Waals surface area contributed by atoms with Gasteiger partial charge in [-0.3, -0.25) is 83.4 Å². The molecule has 0 radical (unpaired) electrons. The van der Waals surface area contributed by atoms with Crippen LogP contribution in [0.2, 0.25) is 0 Å². The van der Waals surface area contributed by atoms with E-state index in [1.165, 1.54) is 61.1 Å². The maximum absolute atomic E-state index is 14.7. The van der Waals surface area contributed by atoms with Crippen molar-refractivity contribution in [3.05, 3.63) is 77.9 Å². The van der Waals surface area contributed by atoms with Gasteiger partial charge in [0.1, 0.15) is 71.9 Å². The summed E-state index contributed by atoms with van der Waals surface area (Å²) in [5.41, 5.74) is 35.1. The first-order valence-electron chi connectivity index (χ1n) is 38.4. The third kappa shape index (κ3) is 33.1. The van der Waals surface area contributed by atoms with Gasteiger partial charge >= 0.3 is 5.97 Å². The van der Waals surface area contributed by atoms with Crippen molar-refractivity contribution in [2.24, 2.45) is 64.0 Å². The number of carbonyl (C=O) groups is 14. The molecule has 1 aromatic heterocycles. The third-order valence-electron chi connectivity index (χ3n) is 19.4. The normalized spacial score (nSPS) is 17.0. The molecule has 1 aliphatic rings. The molecule has 43 heteroatoms. The fourth-order valence-corrected chi connectivity index (χ4v) is 12.3. The first kappa shape index (κ1) is 96.9. The summed E-state index contributed by atoms with van der Waals surface area (Å²) in [7, 11) is 1.02. The number of aromatic hydroxyl groups is 2. The number of H-pyrrole nitrogens is 1. The number of esters is 1. The molecule has 0 aliphatic heterocycles. The summed E-state index contributed by atoms with van der Waals surface area (Å²) in [6, 6.07) is -6.76. The first-order chi connectivity index (χ1) is 55.2. The Bertz CT molecular complexity index is 3910. The monoisotopic (exact) mass is 1640 g/mol. The smallest absolute Gasteiger partial charge is 0.311 e. The van der Waals surface area contributed by atoms with Crippen LogP contribution in [0.4, 0.5) is 0 Å². The van der Waals surface area contributed by atoms with Crippen molar-refractivity contribution in [3.8, 4) is 11.5 Å². The second kappa shape index (κ2) is 48.1. The Kier molecular flexibility index (Phi) is 39.8. The molecule has 43 nitrogen and oxygen atoms in total. The zero-order valence-electron chi connectivity index (χ0n) is 66.9. The Labute approximate surface area is 676 Å². The number of aromatic nitrogens is 2. The van der Waals surface area contributed by atoms with E-state index in [1.807, 2.05) is 0 Å². The van der Waals surface area contributed by atoms with Crippen LogP contribution in [0.1, 0.15) is 129 Å². The van der Waals surface area contributed by atoms with Gasteiger partial charge in [0.2, 0.25) is 76.8 Å². The van der Waals surface area contributed by atoms with Crippen molar-refractivity contribution in [1.82, 2.24) is 84.4 Å². The van der Waals surface area contributed by atoms with Gasteiger partial charge in [0, 0.05) is 45.1 Å². The summed E-state index contributed by atoms with van der Waals surface area (Å²) in [4.78, 5) is 204. The molecular weight excluding hydrogens is 1530 g/mol. The number of imidazole rings is 1. The van der Waals surface area contributed by atoms with Crippen LogP contribution < -0.4 is 109 Å². The number of aromatic amines is 1. The van der Waals surface area contributed by atoms with Gasteiger partial charge in [0.25, 0.3) is 0 Å². The highest BCUT2D eigenvalue weighted by Gasteiger charge is 2.61. The topological polar surface area (TPSA) is 734 Å². The summed E-state index contributed by atoms with van der Waals surface area (Å²) in [5.74, 6) is -19.8. The standard InChI is InChI=1S/C74H117N25O18/c1-9-36(5)55(96-66(111)49(30-40-19-23-43(102)24-20-40)94-63(108)50(31-41-33-84-34-88-41)92-60(105)44(75)14-11-25-85-72(78)79)68(113)95-51(32-52(76)103)64(109)93-48(28-35(3)4)65(110)97-56(37(6)10-2)69(114)98-57(38(7)100)70(115)90-46(16-13-27-87-74(82)83)62(107)99-58-53(54(58)71(116)117-8)67(112)89-45(15-12-26-86-73(80)81)61(106)91-47(59(77)104)29-39-17-21-42(101)22-18-39/h17-24,33-38,44-51,53-58,100-102H,9-16,25-32,75H2,1-8H3,(H2,76,103)(H2,77,104)(H,84,88)(H,89,112)(H,90,115)(H,91,106)(H,92,105)(H,93,109)(H,94,108)(H,95,113)(H,96,111)(H,97,110)(H,98,114)(H,99,107)(H4,78,79,85)(H4,80,81,86)(H4,82,83,87)/t36-,37-,38+,44-,45-,46-,47-,48-,49-,50-,51-,53+,54+,55-,56-,57-,58+/m0/s1. The number of hydrogen-bond donors (Lipinski definition) is 27. The van der Waals surface area contributed by atoms with E-state index in [9.17, 15) is 82.4 Å². The van der Waals surface area contributed by atoms with E-state index in [2.05, 4.69) is 84.4 Å². The minimum atomic E-state index is -1.90. The van der Waals surface area contributed by atoms with Gasteiger partial charge in [-0.1, -0.05) is 78.6 Å². The van der Waals surface area contributed by atoms with E-state index >= 15 is 0 Å². The van der Waals surface area contributed by atoms with Gasteiger partial charge in [-0.2, -0.15) is 0 Å². The molecule has 1 fully saturated rings. The molecule has 13 amide bonds. The molecule has 1 aliphatic carbocycles. The van der Waals surface area contributed by atoms with Gasteiger partial charge in [-0.25, -0.2) is 4.98 Å². The molecule has 0 spiro atoms. The Balaban J connectivity index is 1.59. The fourth-order valence-electron chi connectivity index (χ4n) is 12.3. The first-order valence-corrected chi connectivity index (χ1v) is 38.4. The third-order valence-corrected chi connectivity index (χ3v) is 19.4. The number of benzene rings is 2. The number of rotatable bonds is 51. The van der Waals surface area contributed by atoms with Crippen molar-refractivity contribution >= 4 is 101 Å². The predicted molar refractivity (Wildman–Crippen MR) is 425 cm³/mol. The zero-order chi connectivity index (χ0) is 87.5. The van der Waals surface area contributed by atoms with Gasteiger partial charge in [0.15, 0.2) is 17.9 Å². The molecule has 4 rings (SSSR count). The molecule has 33 N–H and O–H groups in total. The lowest BCUT2D eigenvalue weighted by molar-refractivity contribution is -0.144. The SMILES string of the molecule is CC[C@H](C)[C@H](NC(=O)[C@H](Cc1ccc(O)cc1)NC(=O)[C@H](Cc1c[nH]cn1)NC(=O)[C@@H](N)CCCNC(=N)N)C(=O)N[C@@H](CC(N)=O)C(=O)N[C@@H](CC(C)C)C(=O)N[C@H](C(=O)N[C@H](C(=O)N[C@@H](CCCNC(=N)N)C(=O)N[C@@H]1[C@H](C(=O)N[C@@H](CCCNC(=N)N)C(=O)N[C@@H](Cc2ccc(O)cc2)C(N)=O)[C@H]1C(=O)OC)[C@@H](C)O)[C@@H](C)CC. The summed E-state index contributed by atoms with van der Waals surface area (Å²) in [6.45, 7) is 11.3. The maximum atomic E-state index is 14.7. The maximum Gasteiger partial charge on any atom is 0.311 e. The molecule has 0 bridgehead atoms. The lowest BCUT2D eigenvalue weighted by atomic mass is 9.95. The van der Waals surface area contributed by atoms with Crippen molar-refractivity contribution in [1.29, 1.82) is 16.2 Å². The average molecular weight is 1640 g/mol. The highest BCUT2D eigenvalue weighted by atomic mass is 16.5. The van der Waals surface area contributed by atoms with Crippen LogP contribution >= 0.6 is 0 Å². The van der Waals surface area contributed by atoms with Crippen LogP contribution in [0, 0.1) is 45.8 Å². The Hall–Kier alpha value is -12.4. The van der Waals surface area contributed by atoms with Gasteiger partial charge < -0.3 is 134 Å². The molecular formula is C74H117N25O18. The second-order valence-electron chi connectivity index (χ2n) is 29.3. The van der Waals surface area contributed by atoms with Crippen molar-refractivity contribution in [2.75, 3.05) is 26.7 Å². The van der Waals surface area contributed by atoms with E-state index in [-0.39, 0.29) is 114 Å². The number of amides is 13. The quantitative estimate of drug-likeness (QED) is 0.0108. The van der Waals surface area contributed by atoms with Crippen molar-refractivity contribution in [2.45, 2.75) is 211 Å². The van der Waals surface area contributed by atoms with E-state index in [0.29, 0.717) is 23.2 Å². The van der Waals surface area contributed by atoms with Crippen LogP contribution in [-0.4, -0.2) is 231 Å². The highest BCUT2D eigenvalue weighted by Crippen LogP contribution is 2.41. The van der Waals surface area contributed by atoms with Crippen LogP contribution in [0.25, 0.3) is 0 Å². The average Bonchev–Trinajstić information content (AvgIpc) is 1.59. The van der Waals surface area contributed by atoms with E-state index < -0.39 is 203 Å². The molecule has 3 aromatic rings. The number of nitrogens with two attached hydrogens (primary N) is 6. The molecule has 17 atom stereocenters. The number of primary amides is 2. The predicted octanol–water partition coefficient (Wildman–Crippen LogP) is -6.40. The minimum absolute atomic E-state index is 0.00592. The number of hydrogen-bond acceptors (Lipinski definition) is 23. The van der Waals surface area contributed by atoms with Gasteiger partial charge in [0.05, 0.1) is 55.6 Å². The Morgan fingerprint density at radius 3 is 1.35 bits per heavy atom. The summed E-state index contributed by atoms with van der Waals surface area (Å²) >= 11 is 0. The summed E-state index contributed by atoms with van der Waals surface area (Å²) in [6.07, 6.45) is 0.0743. The molecule has 0 unspecified atom stereocenters. The van der Waals surface area contributed by atoms with E-state index in [4.69, 9.17) is 55.4 Å². The van der Waals surface area contributed by atoms with Crippen molar-refractivity contribution < 1.29 is 87.2 Å². The Morgan fingerprint density at radius 1 is 0.487 bits per heavy atom. The number of aliphatic hydroxyl groups is 1. The molecule has 646 valence electrons. The van der Waals surface area contributed by atoms with Gasteiger partial charge in [-0.15, -0.1) is 0 Å². The number of aliphatic hydroxyl groups excluding tert-OH is 1. The zero-order valence-corrected chi connectivity index (χ0v) is 66.9. The Morgan fingerprint density at radius 2 is 0.889 bits per heavy atom. The number of phenolic OH excluding ortho intramolecular Hbond substituents is 2. The molecule has 2 aromatic carbocycles. The number of methoxy groups -OCH3 is 1. The van der Waals surface area contributed by atoms with Crippen LogP contribution in [0.3, 0.4) is 0 Å². The lowest BCUT2D eigenvalue weighted by Gasteiger charge is -2.31. The molecule has 1 saturated carbocycles. The van der Waals surface area contributed by atoms with Crippen LogP contribution in [0.15, 0.2) is 61.1 Å². The lowest BCUT2D eigenvalue weighted by Crippen LogP contribution is -2.63. The largest absolute Gasteiger partial charge is 0.508 e. The number of phenols is 2. The summed E-state index contributed by atoms with van der Waals surface area (Å²) in [5, 5.41) is 89.7. The molecule has 1 heterocycles. The number of guanidine groups is 3. The molecule has 0 saturated heterocycles. The van der Waals surface area contributed by atoms with Gasteiger partial charge in [-0.05, 0) is 105 Å². The number of nitrogens with zero attached hydrogens (tertiary/aromatic N) is 1. The van der Waals surface area contributed by atoms with Crippen molar-refractivity contribution in [3.63, 3.8) is 0 Å². The van der Waals surface area contributed by atoms with Crippen LogP contribution in [-0.2, 0) is 91.1 Å². The van der Waals surface area contributed by atoms with Crippen LogP contribution in [0.5, 0.6) is 11.5 Å². The minimum Gasteiger partial charge on any atom is -0.508 e. The van der Waals surface area contributed by atoms with E-state index in [0.717, 1.165) is 14.0 Å². The number of ether oxygens (including phenoxy) is 1. The second-order valence-corrected chi connectivity index (χ2v) is 29.3. The summed E-state index contributed by atoms with van der Waals surface area (Å²) < 4.78 is 4.97. The number of carbonyl (C=O) groups excluding carboxylic acids is 14.